The lowest BCUT2D eigenvalue weighted by molar-refractivity contribution is -0.144. The van der Waals surface area contributed by atoms with Crippen LogP contribution in [0.3, 0.4) is 0 Å². The molecule has 0 aliphatic heterocycles. The van der Waals surface area contributed by atoms with E-state index in [2.05, 4.69) is 5.32 Å². The summed E-state index contributed by atoms with van der Waals surface area (Å²) in [6, 6.07) is 5.26. The van der Waals surface area contributed by atoms with Crippen molar-refractivity contribution in [1.82, 2.24) is 0 Å². The van der Waals surface area contributed by atoms with Gasteiger partial charge in [0.25, 0.3) is 0 Å². The molecule has 0 unspecified atom stereocenters. The van der Waals surface area contributed by atoms with E-state index < -0.39 is 0 Å². The van der Waals surface area contributed by atoms with Gasteiger partial charge in [0.2, 0.25) is 5.91 Å². The fourth-order valence-corrected chi connectivity index (χ4v) is 1.83. The Bertz CT molecular complexity index is 489. The first-order valence-electron chi connectivity index (χ1n) is 6.36. The summed E-state index contributed by atoms with van der Waals surface area (Å²) in [4.78, 5) is 24.9. The molecule has 0 saturated carbocycles. The molecule has 0 aromatic heterocycles. The van der Waals surface area contributed by atoms with Crippen molar-refractivity contribution in [3.63, 3.8) is 0 Å². The maximum Gasteiger partial charge on any atom is 0.306 e. The number of benzene rings is 1. The number of nitrogens with zero attached hydrogens (tertiary/aromatic N) is 1. The summed E-state index contributed by atoms with van der Waals surface area (Å²) in [6.07, 6.45) is 0.149. The molecule has 1 aromatic rings. The van der Waals surface area contributed by atoms with Crippen molar-refractivity contribution in [2.45, 2.75) is 19.8 Å². The van der Waals surface area contributed by atoms with Crippen LogP contribution in [-0.2, 0) is 14.3 Å². The van der Waals surface area contributed by atoms with Gasteiger partial charge in [0, 0.05) is 25.5 Å². The van der Waals surface area contributed by atoms with Crippen molar-refractivity contribution in [1.29, 1.82) is 0 Å². The smallest absolute Gasteiger partial charge is 0.306 e. The van der Waals surface area contributed by atoms with Crippen LogP contribution in [0.25, 0.3) is 0 Å². The van der Waals surface area contributed by atoms with Crippen molar-refractivity contribution in [3.8, 4) is 0 Å². The predicted molar refractivity (Wildman–Crippen MR) is 80.3 cm³/mol. The number of hydrogen-bond donors (Lipinski definition) is 1. The van der Waals surface area contributed by atoms with Crippen LogP contribution in [0.2, 0.25) is 5.02 Å². The summed E-state index contributed by atoms with van der Waals surface area (Å²) in [5, 5.41) is 3.30. The van der Waals surface area contributed by atoms with Gasteiger partial charge in [0.15, 0.2) is 0 Å². The van der Waals surface area contributed by atoms with Crippen molar-refractivity contribution in [2.75, 3.05) is 30.9 Å². The van der Waals surface area contributed by atoms with Gasteiger partial charge in [0.05, 0.1) is 24.4 Å². The van der Waals surface area contributed by atoms with Crippen LogP contribution < -0.4 is 10.2 Å². The summed E-state index contributed by atoms with van der Waals surface area (Å²) >= 11 is 5.93. The van der Waals surface area contributed by atoms with Gasteiger partial charge in [-0.1, -0.05) is 11.6 Å². The van der Waals surface area contributed by atoms with Crippen LogP contribution in [0.1, 0.15) is 19.8 Å². The first-order valence-corrected chi connectivity index (χ1v) is 6.74. The third kappa shape index (κ3) is 5.09. The largest absolute Gasteiger partial charge is 0.466 e. The second-order valence-corrected chi connectivity index (χ2v) is 4.85. The minimum absolute atomic E-state index is 0.0670. The predicted octanol–water partition coefficient (Wildman–Crippen LogP) is 2.69. The van der Waals surface area contributed by atoms with Crippen LogP contribution in [0.5, 0.6) is 0 Å². The number of carbonyl (C=O) groups is 2. The molecule has 0 bridgehead atoms. The Labute approximate surface area is 123 Å². The summed E-state index contributed by atoms with van der Waals surface area (Å²) < 4.78 is 4.78. The molecule has 1 N–H and O–H groups in total. The van der Waals surface area contributed by atoms with Crippen LogP contribution in [0, 0.1) is 0 Å². The lowest BCUT2D eigenvalue weighted by Crippen LogP contribution is -2.17. The number of anilines is 2. The molecule has 0 saturated heterocycles. The average Bonchev–Trinajstić information content (AvgIpc) is 2.36. The third-order valence-corrected chi connectivity index (χ3v) is 2.81. The van der Waals surface area contributed by atoms with Gasteiger partial charge in [-0.3, -0.25) is 9.59 Å². The quantitative estimate of drug-likeness (QED) is 0.820. The van der Waals surface area contributed by atoms with E-state index in [0.717, 1.165) is 5.69 Å². The molecule has 1 amide bonds. The van der Waals surface area contributed by atoms with Crippen molar-refractivity contribution in [3.05, 3.63) is 23.2 Å². The van der Waals surface area contributed by atoms with E-state index in [9.17, 15) is 9.59 Å². The standard InChI is InChI=1S/C14H19ClN2O3/c1-4-20-14(19)8-7-13(18)16-11-9-10(15)5-6-12(11)17(2)3/h5-6,9H,4,7-8H2,1-3H3,(H,16,18). The van der Waals surface area contributed by atoms with Crippen LogP contribution in [0.4, 0.5) is 11.4 Å². The third-order valence-electron chi connectivity index (χ3n) is 2.58. The Morgan fingerprint density at radius 2 is 2.00 bits per heavy atom. The number of hydrogen-bond acceptors (Lipinski definition) is 4. The Balaban J connectivity index is 2.66. The molecule has 1 rings (SSSR count). The number of amides is 1. The second-order valence-electron chi connectivity index (χ2n) is 4.41. The minimum atomic E-state index is -0.374. The van der Waals surface area contributed by atoms with Gasteiger partial charge < -0.3 is 15.0 Å². The number of nitrogens with one attached hydrogen (secondary N) is 1. The van der Waals surface area contributed by atoms with E-state index >= 15 is 0 Å². The Morgan fingerprint density at radius 3 is 2.60 bits per heavy atom. The number of carbonyl (C=O) groups excluding carboxylic acids is 2. The van der Waals surface area contributed by atoms with Gasteiger partial charge >= 0.3 is 5.97 Å². The summed E-state index contributed by atoms with van der Waals surface area (Å²) in [5.74, 6) is -0.620. The average molecular weight is 299 g/mol. The highest BCUT2D eigenvalue weighted by atomic mass is 35.5. The zero-order valence-electron chi connectivity index (χ0n) is 11.9. The number of ether oxygens (including phenoxy) is 1. The maximum absolute atomic E-state index is 11.8. The zero-order valence-corrected chi connectivity index (χ0v) is 12.7. The van der Waals surface area contributed by atoms with E-state index in [1.54, 1.807) is 19.1 Å². The Kier molecular flexibility index (Phi) is 6.31. The van der Waals surface area contributed by atoms with E-state index in [4.69, 9.17) is 16.3 Å². The molecular weight excluding hydrogens is 280 g/mol. The van der Waals surface area contributed by atoms with Crippen LogP contribution in [-0.4, -0.2) is 32.6 Å². The molecule has 0 atom stereocenters. The number of halogens is 1. The fourth-order valence-electron chi connectivity index (χ4n) is 1.66. The van der Waals surface area contributed by atoms with Gasteiger partial charge in [-0.05, 0) is 25.1 Å². The lowest BCUT2D eigenvalue weighted by Gasteiger charge is -2.18. The summed E-state index contributed by atoms with van der Waals surface area (Å²) in [7, 11) is 3.75. The molecule has 0 heterocycles. The fraction of sp³-hybridized carbons (Fsp3) is 0.429. The van der Waals surface area contributed by atoms with E-state index in [1.165, 1.54) is 0 Å². The summed E-state index contributed by atoms with van der Waals surface area (Å²) in [5.41, 5.74) is 1.47. The van der Waals surface area contributed by atoms with E-state index in [0.29, 0.717) is 17.3 Å². The van der Waals surface area contributed by atoms with Crippen LogP contribution >= 0.6 is 11.6 Å². The van der Waals surface area contributed by atoms with Gasteiger partial charge in [0.1, 0.15) is 0 Å². The Hall–Kier alpha value is -1.75. The molecule has 0 radical (unpaired) electrons. The molecule has 0 spiro atoms. The topological polar surface area (TPSA) is 58.6 Å². The first-order chi connectivity index (χ1) is 9.43. The number of esters is 1. The zero-order chi connectivity index (χ0) is 15.1. The molecule has 6 heteroatoms. The molecule has 0 fully saturated rings. The molecule has 1 aromatic carbocycles. The molecule has 20 heavy (non-hydrogen) atoms. The van der Waals surface area contributed by atoms with Crippen molar-refractivity contribution >= 4 is 34.9 Å². The monoisotopic (exact) mass is 298 g/mol. The highest BCUT2D eigenvalue weighted by Crippen LogP contribution is 2.27. The van der Waals surface area contributed by atoms with Gasteiger partial charge in [-0.25, -0.2) is 0 Å². The Morgan fingerprint density at radius 1 is 1.30 bits per heavy atom. The van der Waals surface area contributed by atoms with Crippen LogP contribution in [0.15, 0.2) is 18.2 Å². The first kappa shape index (κ1) is 16.3. The molecular formula is C14H19ClN2O3. The summed E-state index contributed by atoms with van der Waals surface area (Å²) in [6.45, 7) is 2.05. The maximum atomic E-state index is 11.8. The lowest BCUT2D eigenvalue weighted by atomic mass is 10.2. The minimum Gasteiger partial charge on any atom is -0.466 e. The van der Waals surface area contributed by atoms with E-state index in [1.807, 2.05) is 25.1 Å². The molecule has 5 nitrogen and oxygen atoms in total. The number of rotatable bonds is 6. The molecule has 0 aliphatic rings. The molecule has 110 valence electrons. The second kappa shape index (κ2) is 7.75. The SMILES string of the molecule is CCOC(=O)CCC(=O)Nc1cc(Cl)ccc1N(C)C. The van der Waals surface area contributed by atoms with Gasteiger partial charge in [-0.15, -0.1) is 0 Å². The van der Waals surface area contributed by atoms with Crippen molar-refractivity contribution < 1.29 is 14.3 Å². The van der Waals surface area contributed by atoms with Crippen molar-refractivity contribution in [2.24, 2.45) is 0 Å². The van der Waals surface area contributed by atoms with E-state index in [-0.39, 0.29) is 24.7 Å². The normalized spacial score (nSPS) is 10.0. The highest BCUT2D eigenvalue weighted by Gasteiger charge is 2.11. The molecule has 0 aliphatic carbocycles. The highest BCUT2D eigenvalue weighted by molar-refractivity contribution is 6.31. The van der Waals surface area contributed by atoms with Gasteiger partial charge in [-0.2, -0.15) is 0 Å².